The molecule has 0 saturated heterocycles. The topological polar surface area (TPSA) is 95.9 Å². The standard InChI is InChI=1S/C10H9ClN2O3/c11-6-1-2-7-5(3-6)4-10(16,9(14)15)8(7)13-12/h1-3,16H,4,12H2,(H,14,15)/t10-/m0/s1. The molecule has 5 nitrogen and oxygen atoms in total. The van der Waals surface area contributed by atoms with Crippen molar-refractivity contribution in [2.45, 2.75) is 12.0 Å². The van der Waals surface area contributed by atoms with Gasteiger partial charge in [0, 0.05) is 17.0 Å². The van der Waals surface area contributed by atoms with Gasteiger partial charge in [0.15, 0.2) is 0 Å². The number of hydrazone groups is 1. The van der Waals surface area contributed by atoms with Gasteiger partial charge in [-0.2, -0.15) is 5.10 Å². The molecule has 0 saturated carbocycles. The molecular weight excluding hydrogens is 232 g/mol. The number of benzene rings is 1. The number of aliphatic hydroxyl groups is 1. The number of nitrogens with zero attached hydrogens (tertiary/aromatic N) is 1. The lowest BCUT2D eigenvalue weighted by atomic mass is 9.99. The molecule has 84 valence electrons. The summed E-state index contributed by atoms with van der Waals surface area (Å²) in [5.41, 5.74) is -0.938. The molecule has 1 aromatic carbocycles. The fraction of sp³-hybridized carbons (Fsp3) is 0.200. The Labute approximate surface area is 96.1 Å². The van der Waals surface area contributed by atoms with Gasteiger partial charge in [-0.3, -0.25) is 0 Å². The summed E-state index contributed by atoms with van der Waals surface area (Å²) >= 11 is 5.79. The quantitative estimate of drug-likeness (QED) is 0.488. The first-order valence-electron chi connectivity index (χ1n) is 4.52. The Kier molecular flexibility index (Phi) is 2.36. The van der Waals surface area contributed by atoms with Gasteiger partial charge in [0.2, 0.25) is 5.60 Å². The molecular formula is C10H9ClN2O3. The SMILES string of the molecule is NN=C1c2ccc(Cl)cc2C[C@@]1(O)C(=O)O. The zero-order valence-corrected chi connectivity index (χ0v) is 8.90. The predicted molar refractivity (Wildman–Crippen MR) is 58.5 cm³/mol. The minimum atomic E-state index is -2.05. The van der Waals surface area contributed by atoms with Crippen LogP contribution in [0.5, 0.6) is 0 Å². The second-order valence-corrected chi connectivity index (χ2v) is 4.06. The molecule has 0 amide bonds. The monoisotopic (exact) mass is 240 g/mol. The number of carboxylic acids is 1. The zero-order valence-electron chi connectivity index (χ0n) is 8.14. The zero-order chi connectivity index (χ0) is 11.9. The highest BCUT2D eigenvalue weighted by molar-refractivity contribution is 6.31. The van der Waals surface area contributed by atoms with Crippen LogP contribution in [0.15, 0.2) is 23.3 Å². The van der Waals surface area contributed by atoms with Crippen molar-refractivity contribution in [3.05, 3.63) is 34.3 Å². The highest BCUT2D eigenvalue weighted by Crippen LogP contribution is 2.32. The molecule has 2 rings (SSSR count). The van der Waals surface area contributed by atoms with Crippen LogP contribution in [-0.4, -0.2) is 27.5 Å². The second kappa shape index (κ2) is 3.47. The van der Waals surface area contributed by atoms with Crippen molar-refractivity contribution in [2.24, 2.45) is 10.9 Å². The summed E-state index contributed by atoms with van der Waals surface area (Å²) in [5.74, 6) is 3.76. The van der Waals surface area contributed by atoms with Gasteiger partial charge in [-0.05, 0) is 17.7 Å². The Bertz CT molecular complexity index is 501. The van der Waals surface area contributed by atoms with E-state index >= 15 is 0 Å². The average molecular weight is 241 g/mol. The lowest BCUT2D eigenvalue weighted by molar-refractivity contribution is -0.151. The maximum atomic E-state index is 11.0. The summed E-state index contributed by atoms with van der Waals surface area (Å²) in [6.45, 7) is 0. The summed E-state index contributed by atoms with van der Waals surface area (Å²) in [6, 6.07) is 4.80. The smallest absolute Gasteiger partial charge is 0.342 e. The molecule has 4 N–H and O–H groups in total. The molecule has 1 aliphatic carbocycles. The van der Waals surface area contributed by atoms with Crippen LogP contribution in [0, 0.1) is 0 Å². The average Bonchev–Trinajstić information content (AvgIpc) is 2.50. The molecule has 0 radical (unpaired) electrons. The molecule has 0 bridgehead atoms. The third kappa shape index (κ3) is 1.36. The third-order valence-corrected chi connectivity index (χ3v) is 2.88. The van der Waals surface area contributed by atoms with Gasteiger partial charge < -0.3 is 16.1 Å². The maximum Gasteiger partial charge on any atom is 0.342 e. The van der Waals surface area contributed by atoms with Crippen LogP contribution in [0.1, 0.15) is 11.1 Å². The fourth-order valence-electron chi connectivity index (χ4n) is 1.87. The summed E-state index contributed by atoms with van der Waals surface area (Å²) in [4.78, 5) is 11.0. The minimum Gasteiger partial charge on any atom is -0.479 e. The molecule has 0 unspecified atom stereocenters. The summed E-state index contributed by atoms with van der Waals surface area (Å²) in [7, 11) is 0. The van der Waals surface area contributed by atoms with Crippen molar-refractivity contribution in [1.82, 2.24) is 0 Å². The van der Waals surface area contributed by atoms with Crippen LogP contribution < -0.4 is 5.84 Å². The van der Waals surface area contributed by atoms with Crippen LogP contribution in [0.4, 0.5) is 0 Å². The molecule has 16 heavy (non-hydrogen) atoms. The summed E-state index contributed by atoms with van der Waals surface area (Å²) < 4.78 is 0. The number of fused-ring (bicyclic) bond motifs is 1. The van der Waals surface area contributed by atoms with Crippen molar-refractivity contribution in [2.75, 3.05) is 0 Å². The largest absolute Gasteiger partial charge is 0.479 e. The predicted octanol–water partition coefficient (Wildman–Crippen LogP) is 0.375. The van der Waals surface area contributed by atoms with Gasteiger partial charge in [0.1, 0.15) is 5.71 Å². The third-order valence-electron chi connectivity index (χ3n) is 2.64. The van der Waals surface area contributed by atoms with Gasteiger partial charge in [-0.1, -0.05) is 17.7 Å². The number of carboxylic acid groups (broad SMARTS) is 1. The first kappa shape index (κ1) is 10.9. The molecule has 0 aromatic heterocycles. The summed E-state index contributed by atoms with van der Waals surface area (Å²) in [6.07, 6.45) is -0.0751. The first-order valence-corrected chi connectivity index (χ1v) is 4.90. The van der Waals surface area contributed by atoms with E-state index in [1.807, 2.05) is 0 Å². The van der Waals surface area contributed by atoms with Crippen molar-refractivity contribution >= 4 is 23.3 Å². The Balaban J connectivity index is 2.61. The van der Waals surface area contributed by atoms with Crippen LogP contribution in [-0.2, 0) is 11.2 Å². The Hall–Kier alpha value is -1.59. The lowest BCUT2D eigenvalue weighted by Gasteiger charge is -2.16. The molecule has 1 aliphatic rings. The molecule has 0 aliphatic heterocycles. The first-order chi connectivity index (χ1) is 7.49. The molecule has 0 spiro atoms. The van der Waals surface area contributed by atoms with Gasteiger partial charge in [0.25, 0.3) is 0 Å². The Morgan fingerprint density at radius 3 is 2.81 bits per heavy atom. The van der Waals surface area contributed by atoms with Crippen molar-refractivity contribution in [3.8, 4) is 0 Å². The normalized spacial score (nSPS) is 25.8. The van der Waals surface area contributed by atoms with Crippen molar-refractivity contribution in [3.63, 3.8) is 0 Å². The van der Waals surface area contributed by atoms with Gasteiger partial charge in [-0.25, -0.2) is 4.79 Å². The number of carbonyl (C=O) groups is 1. The van der Waals surface area contributed by atoms with Crippen LogP contribution >= 0.6 is 11.6 Å². The van der Waals surface area contributed by atoms with E-state index in [-0.39, 0.29) is 12.1 Å². The fourth-order valence-corrected chi connectivity index (χ4v) is 2.07. The van der Waals surface area contributed by atoms with E-state index in [0.717, 1.165) is 0 Å². The molecule has 6 heteroatoms. The number of aliphatic carboxylic acids is 1. The van der Waals surface area contributed by atoms with E-state index in [4.69, 9.17) is 22.6 Å². The van der Waals surface area contributed by atoms with E-state index in [1.165, 1.54) is 0 Å². The lowest BCUT2D eigenvalue weighted by Crippen LogP contribution is -2.45. The van der Waals surface area contributed by atoms with Crippen molar-refractivity contribution < 1.29 is 15.0 Å². The van der Waals surface area contributed by atoms with E-state index in [9.17, 15) is 9.90 Å². The van der Waals surface area contributed by atoms with E-state index in [0.29, 0.717) is 16.1 Å². The van der Waals surface area contributed by atoms with E-state index in [1.54, 1.807) is 18.2 Å². The summed E-state index contributed by atoms with van der Waals surface area (Å²) in [5, 5.41) is 22.8. The van der Waals surface area contributed by atoms with Gasteiger partial charge in [-0.15, -0.1) is 0 Å². The Morgan fingerprint density at radius 1 is 1.56 bits per heavy atom. The number of hydrogen-bond donors (Lipinski definition) is 3. The Morgan fingerprint density at radius 2 is 2.25 bits per heavy atom. The van der Waals surface area contributed by atoms with Gasteiger partial charge >= 0.3 is 5.97 Å². The number of nitrogens with two attached hydrogens (primary N) is 1. The number of rotatable bonds is 1. The molecule has 0 fully saturated rings. The minimum absolute atomic E-state index is 0.0355. The van der Waals surface area contributed by atoms with E-state index < -0.39 is 11.6 Å². The highest BCUT2D eigenvalue weighted by atomic mass is 35.5. The molecule has 1 atom stereocenters. The van der Waals surface area contributed by atoms with Gasteiger partial charge in [0.05, 0.1) is 0 Å². The van der Waals surface area contributed by atoms with Crippen LogP contribution in [0.3, 0.4) is 0 Å². The van der Waals surface area contributed by atoms with E-state index in [2.05, 4.69) is 5.10 Å². The van der Waals surface area contributed by atoms with Crippen LogP contribution in [0.25, 0.3) is 0 Å². The number of halogens is 1. The number of hydrogen-bond acceptors (Lipinski definition) is 4. The maximum absolute atomic E-state index is 11.0. The molecule has 1 aromatic rings. The van der Waals surface area contributed by atoms with Crippen LogP contribution in [0.2, 0.25) is 5.02 Å². The highest BCUT2D eigenvalue weighted by Gasteiger charge is 2.48. The molecule has 0 heterocycles. The van der Waals surface area contributed by atoms with Crippen molar-refractivity contribution in [1.29, 1.82) is 0 Å². The second-order valence-electron chi connectivity index (χ2n) is 3.62.